The molecule has 1 amide bonds. The molecule has 0 aliphatic rings. The zero-order valence-electron chi connectivity index (χ0n) is 11.1. The third-order valence-corrected chi connectivity index (χ3v) is 1.52. The molecule has 0 aromatic heterocycles. The van der Waals surface area contributed by atoms with Gasteiger partial charge in [0.2, 0.25) is 0 Å². The van der Waals surface area contributed by atoms with Crippen LogP contribution in [0.3, 0.4) is 0 Å². The maximum atomic E-state index is 11.8. The molecule has 0 unspecified atom stereocenters. The summed E-state index contributed by atoms with van der Waals surface area (Å²) in [6.07, 6.45) is -3.57. The van der Waals surface area contributed by atoms with Crippen LogP contribution in [-0.2, 0) is 9.53 Å². The molecular formula is C11H22F3NO2. The number of halogens is 3. The second-order valence-electron chi connectivity index (χ2n) is 4.48. The van der Waals surface area contributed by atoms with Gasteiger partial charge in [-0.05, 0) is 0 Å². The van der Waals surface area contributed by atoms with Gasteiger partial charge in [0.1, 0.15) is 0 Å². The number of nitrogens with one attached hydrogen (secondary N) is 1. The molecule has 1 N–H and O–H groups in total. The van der Waals surface area contributed by atoms with Gasteiger partial charge in [0.05, 0.1) is 6.61 Å². The van der Waals surface area contributed by atoms with Crippen LogP contribution in [0.25, 0.3) is 0 Å². The molecule has 0 aromatic carbocycles. The average Bonchev–Trinajstić information content (AvgIpc) is 2.14. The van der Waals surface area contributed by atoms with E-state index in [2.05, 4.69) is 13.8 Å². The van der Waals surface area contributed by atoms with Crippen molar-refractivity contribution < 1.29 is 22.7 Å². The summed E-state index contributed by atoms with van der Waals surface area (Å²) < 4.78 is 40.1. The van der Waals surface area contributed by atoms with Gasteiger partial charge in [-0.3, -0.25) is 4.79 Å². The van der Waals surface area contributed by atoms with Crippen molar-refractivity contribution in [2.45, 2.75) is 40.3 Å². The maximum absolute atomic E-state index is 11.8. The Hall–Kier alpha value is -0.780. The van der Waals surface area contributed by atoms with Gasteiger partial charge in [0.15, 0.2) is 0 Å². The van der Waals surface area contributed by atoms with E-state index in [4.69, 9.17) is 4.74 Å². The summed E-state index contributed by atoms with van der Waals surface area (Å²) in [5.74, 6) is -1.92. The number of alkyl halides is 3. The van der Waals surface area contributed by atoms with Crippen molar-refractivity contribution in [2.24, 2.45) is 5.41 Å². The van der Waals surface area contributed by atoms with Gasteiger partial charge in [-0.1, -0.05) is 34.1 Å². The molecule has 17 heavy (non-hydrogen) atoms. The number of hydrogen-bond donors (Lipinski definition) is 1. The first-order valence-electron chi connectivity index (χ1n) is 5.44. The minimum atomic E-state index is -4.82. The van der Waals surface area contributed by atoms with E-state index in [0.29, 0.717) is 0 Å². The summed E-state index contributed by atoms with van der Waals surface area (Å²) in [6.45, 7) is 7.87. The molecule has 0 fully saturated rings. The Bertz CT molecular complexity index is 215. The van der Waals surface area contributed by atoms with Crippen molar-refractivity contribution in [2.75, 3.05) is 20.3 Å². The molecule has 0 rings (SSSR count). The summed E-state index contributed by atoms with van der Waals surface area (Å²) in [4.78, 5) is 10.4. The molecular weight excluding hydrogens is 235 g/mol. The van der Waals surface area contributed by atoms with Crippen LogP contribution in [0, 0.1) is 5.41 Å². The molecule has 3 nitrogen and oxygen atoms in total. The van der Waals surface area contributed by atoms with Gasteiger partial charge in [-0.15, -0.1) is 0 Å². The molecule has 0 saturated carbocycles. The summed E-state index contributed by atoms with van der Waals surface area (Å²) in [5.41, 5.74) is -0.504. The Labute approximate surface area is 101 Å². The van der Waals surface area contributed by atoms with Gasteiger partial charge in [0, 0.05) is 19.1 Å². The van der Waals surface area contributed by atoms with E-state index in [-0.39, 0.29) is 13.2 Å². The Kier molecular flexibility index (Phi) is 9.11. The number of rotatable bonds is 4. The van der Waals surface area contributed by atoms with Crippen molar-refractivity contribution in [3.05, 3.63) is 0 Å². The quantitative estimate of drug-likeness (QED) is 0.841. The number of carbonyl (C=O) groups excluding carboxylic acids is 1. The Morgan fingerprint density at radius 2 is 1.65 bits per heavy atom. The van der Waals surface area contributed by atoms with Gasteiger partial charge < -0.3 is 10.1 Å². The summed E-state index contributed by atoms with van der Waals surface area (Å²) >= 11 is 0. The lowest BCUT2D eigenvalue weighted by Gasteiger charge is -2.23. The third-order valence-electron chi connectivity index (χ3n) is 1.52. The van der Waals surface area contributed by atoms with Crippen molar-refractivity contribution in [3.63, 3.8) is 0 Å². The van der Waals surface area contributed by atoms with Crippen LogP contribution in [0.2, 0.25) is 0 Å². The zero-order valence-corrected chi connectivity index (χ0v) is 11.1. The second kappa shape index (κ2) is 8.33. The highest BCUT2D eigenvalue weighted by Crippen LogP contribution is 2.17. The van der Waals surface area contributed by atoms with Crippen LogP contribution < -0.4 is 5.32 Å². The highest BCUT2D eigenvalue weighted by molar-refractivity contribution is 5.81. The lowest BCUT2D eigenvalue weighted by molar-refractivity contribution is -0.174. The molecule has 0 spiro atoms. The highest BCUT2D eigenvalue weighted by Gasteiger charge is 2.39. The Balaban J connectivity index is 0. The topological polar surface area (TPSA) is 38.3 Å². The normalized spacial score (nSPS) is 11.5. The molecule has 104 valence electrons. The first-order chi connectivity index (χ1) is 7.60. The fourth-order valence-electron chi connectivity index (χ4n) is 0.862. The SMILES string of the molecule is CCC.COCC(C)(C)CNC(=O)C(F)(F)F. The molecule has 0 aromatic rings. The number of hydrogen-bond acceptors (Lipinski definition) is 2. The summed E-state index contributed by atoms with van der Waals surface area (Å²) in [7, 11) is 1.45. The van der Waals surface area contributed by atoms with E-state index in [1.54, 1.807) is 19.2 Å². The van der Waals surface area contributed by atoms with Crippen molar-refractivity contribution in [1.82, 2.24) is 5.32 Å². The monoisotopic (exact) mass is 257 g/mol. The number of ether oxygens (including phenoxy) is 1. The fourth-order valence-corrected chi connectivity index (χ4v) is 0.862. The molecule has 0 aliphatic heterocycles. The van der Waals surface area contributed by atoms with E-state index in [0.717, 1.165) is 0 Å². The van der Waals surface area contributed by atoms with Gasteiger partial charge >= 0.3 is 12.1 Å². The van der Waals surface area contributed by atoms with Crippen LogP contribution in [-0.4, -0.2) is 32.3 Å². The van der Waals surface area contributed by atoms with E-state index in [9.17, 15) is 18.0 Å². The molecule has 0 heterocycles. The average molecular weight is 257 g/mol. The van der Waals surface area contributed by atoms with Crippen LogP contribution >= 0.6 is 0 Å². The van der Waals surface area contributed by atoms with Crippen LogP contribution in [0.4, 0.5) is 13.2 Å². The van der Waals surface area contributed by atoms with Gasteiger partial charge in [0.25, 0.3) is 0 Å². The van der Waals surface area contributed by atoms with E-state index >= 15 is 0 Å². The first-order valence-corrected chi connectivity index (χ1v) is 5.44. The van der Waals surface area contributed by atoms with Crippen LogP contribution in [0.1, 0.15) is 34.1 Å². The largest absolute Gasteiger partial charge is 0.471 e. The van der Waals surface area contributed by atoms with E-state index < -0.39 is 17.5 Å². The van der Waals surface area contributed by atoms with Crippen molar-refractivity contribution in [1.29, 1.82) is 0 Å². The van der Waals surface area contributed by atoms with Gasteiger partial charge in [-0.25, -0.2) is 0 Å². The third kappa shape index (κ3) is 11.5. The molecule has 0 aliphatic carbocycles. The van der Waals surface area contributed by atoms with E-state index in [1.165, 1.54) is 13.5 Å². The maximum Gasteiger partial charge on any atom is 0.471 e. The fraction of sp³-hybridized carbons (Fsp3) is 0.909. The summed E-state index contributed by atoms with van der Waals surface area (Å²) in [5, 5.41) is 1.80. The molecule has 0 bridgehead atoms. The lowest BCUT2D eigenvalue weighted by Crippen LogP contribution is -2.42. The number of amides is 1. The molecule has 0 radical (unpaired) electrons. The van der Waals surface area contributed by atoms with Crippen molar-refractivity contribution >= 4 is 5.91 Å². The standard InChI is InChI=1S/C8H14F3NO2.C3H8/c1-7(2,5-14-3)4-12-6(13)8(9,10)11;1-3-2/h4-5H2,1-3H3,(H,12,13);3H2,1-2H3. The number of carbonyl (C=O) groups is 1. The van der Waals surface area contributed by atoms with Crippen LogP contribution in [0.15, 0.2) is 0 Å². The predicted octanol–water partition coefficient (Wildman–Crippen LogP) is 2.75. The molecule has 0 saturated heterocycles. The highest BCUT2D eigenvalue weighted by atomic mass is 19.4. The molecule has 6 heteroatoms. The zero-order chi connectivity index (χ0) is 14.1. The Morgan fingerprint density at radius 1 is 1.24 bits per heavy atom. The summed E-state index contributed by atoms with van der Waals surface area (Å²) in [6, 6.07) is 0. The second-order valence-corrected chi connectivity index (χ2v) is 4.48. The first kappa shape index (κ1) is 18.6. The predicted molar refractivity (Wildman–Crippen MR) is 60.7 cm³/mol. The lowest BCUT2D eigenvalue weighted by atomic mass is 9.95. The number of methoxy groups -OCH3 is 1. The van der Waals surface area contributed by atoms with Crippen molar-refractivity contribution in [3.8, 4) is 0 Å². The Morgan fingerprint density at radius 3 is 1.94 bits per heavy atom. The van der Waals surface area contributed by atoms with E-state index in [1.807, 2.05) is 0 Å². The minimum Gasteiger partial charge on any atom is -0.384 e. The van der Waals surface area contributed by atoms with Gasteiger partial charge in [-0.2, -0.15) is 13.2 Å². The minimum absolute atomic E-state index is 0.0703. The molecule has 0 atom stereocenters. The smallest absolute Gasteiger partial charge is 0.384 e. The van der Waals surface area contributed by atoms with Crippen LogP contribution in [0.5, 0.6) is 0 Å².